The lowest BCUT2D eigenvalue weighted by molar-refractivity contribution is -0.596. The highest BCUT2D eigenvalue weighted by atomic mass is 16.2. The van der Waals surface area contributed by atoms with Crippen LogP contribution in [0.25, 0.3) is 0 Å². The number of rotatable bonds is 4. The zero-order valence-electron chi connectivity index (χ0n) is 16.1. The van der Waals surface area contributed by atoms with Crippen LogP contribution in [0.2, 0.25) is 0 Å². The van der Waals surface area contributed by atoms with Gasteiger partial charge in [-0.25, -0.2) is 0 Å². The summed E-state index contributed by atoms with van der Waals surface area (Å²) in [7, 11) is 0. The molecule has 0 aliphatic carbocycles. The number of carbonyl (C=O) groups excluding carboxylic acids is 2. The minimum atomic E-state index is -0.717. The van der Waals surface area contributed by atoms with Crippen molar-refractivity contribution in [3.05, 3.63) is 107 Å². The Kier molecular flexibility index (Phi) is 5.20. The van der Waals surface area contributed by atoms with E-state index in [0.717, 1.165) is 16.7 Å². The normalized spacial score (nSPS) is 19.8. The molecular weight excluding hydrogens is 362 g/mol. The van der Waals surface area contributed by atoms with Crippen molar-refractivity contribution in [1.29, 1.82) is 0 Å². The van der Waals surface area contributed by atoms with Gasteiger partial charge in [0.2, 0.25) is 12.3 Å². The number of hydrogen-bond acceptors (Lipinski definition) is 2. The fourth-order valence-corrected chi connectivity index (χ4v) is 3.54. The number of amides is 2. The van der Waals surface area contributed by atoms with Crippen LogP contribution in [-0.2, 0) is 4.79 Å². The highest BCUT2D eigenvalue weighted by Gasteiger charge is 2.47. The van der Waals surface area contributed by atoms with Crippen LogP contribution in [-0.4, -0.2) is 28.8 Å². The molecule has 0 aromatic heterocycles. The fourth-order valence-electron chi connectivity index (χ4n) is 3.54. The lowest BCUT2D eigenvalue weighted by Gasteiger charge is -2.14. The number of benzene rings is 3. The average Bonchev–Trinajstić information content (AvgIpc) is 3.04. The quantitative estimate of drug-likeness (QED) is 0.680. The van der Waals surface area contributed by atoms with Crippen molar-refractivity contribution in [1.82, 2.24) is 10.7 Å². The van der Waals surface area contributed by atoms with E-state index < -0.39 is 6.04 Å². The van der Waals surface area contributed by atoms with E-state index in [9.17, 15) is 9.59 Å². The molecule has 4 rings (SSSR count). The summed E-state index contributed by atoms with van der Waals surface area (Å²) < 4.78 is 1.77. The Morgan fingerprint density at radius 3 is 2.34 bits per heavy atom. The SMILES string of the molecule is Cc1cccc(C(=O)N[C@H]2C(=O)N/[N+](=C\c3ccccc3)[C@H]2c2ccccc2)c1. The van der Waals surface area contributed by atoms with Gasteiger partial charge in [0.1, 0.15) is 0 Å². The Labute approximate surface area is 169 Å². The predicted molar refractivity (Wildman–Crippen MR) is 112 cm³/mol. The third kappa shape index (κ3) is 4.09. The Morgan fingerprint density at radius 1 is 0.966 bits per heavy atom. The second-order valence-electron chi connectivity index (χ2n) is 7.10. The summed E-state index contributed by atoms with van der Waals surface area (Å²) in [6, 6.07) is 25.7. The smallest absolute Gasteiger partial charge is 0.304 e. The van der Waals surface area contributed by atoms with Gasteiger partial charge in [-0.1, -0.05) is 66.2 Å². The molecule has 2 atom stereocenters. The van der Waals surface area contributed by atoms with Gasteiger partial charge in [0.25, 0.3) is 5.91 Å². The summed E-state index contributed by atoms with van der Waals surface area (Å²) in [5, 5.41) is 2.92. The van der Waals surface area contributed by atoms with Crippen molar-refractivity contribution in [2.45, 2.75) is 19.0 Å². The van der Waals surface area contributed by atoms with Gasteiger partial charge >= 0.3 is 5.91 Å². The first-order valence-electron chi connectivity index (χ1n) is 9.53. The summed E-state index contributed by atoms with van der Waals surface area (Å²) in [4.78, 5) is 25.6. The molecule has 29 heavy (non-hydrogen) atoms. The molecule has 1 fully saturated rings. The van der Waals surface area contributed by atoms with Crippen molar-refractivity contribution < 1.29 is 14.3 Å². The first-order valence-corrected chi connectivity index (χ1v) is 9.53. The van der Waals surface area contributed by atoms with Crippen molar-refractivity contribution in [3.63, 3.8) is 0 Å². The van der Waals surface area contributed by atoms with Gasteiger partial charge < -0.3 is 5.32 Å². The zero-order valence-corrected chi connectivity index (χ0v) is 16.1. The van der Waals surface area contributed by atoms with E-state index in [-0.39, 0.29) is 17.9 Å². The maximum absolute atomic E-state index is 12.8. The zero-order chi connectivity index (χ0) is 20.2. The van der Waals surface area contributed by atoms with E-state index in [4.69, 9.17) is 0 Å². The maximum Gasteiger partial charge on any atom is 0.304 e. The van der Waals surface area contributed by atoms with Gasteiger partial charge in [0.05, 0.1) is 0 Å². The average molecular weight is 384 g/mol. The van der Waals surface area contributed by atoms with Gasteiger partial charge in [0, 0.05) is 16.7 Å². The van der Waals surface area contributed by atoms with Crippen molar-refractivity contribution in [3.8, 4) is 0 Å². The minimum Gasteiger partial charge on any atom is -0.334 e. The van der Waals surface area contributed by atoms with Crippen LogP contribution < -0.4 is 10.7 Å². The van der Waals surface area contributed by atoms with E-state index in [1.807, 2.05) is 92.0 Å². The van der Waals surface area contributed by atoms with E-state index in [1.54, 1.807) is 10.8 Å². The Bertz CT molecular complexity index is 1060. The lowest BCUT2D eigenvalue weighted by Crippen LogP contribution is -2.42. The molecule has 0 bridgehead atoms. The number of aryl methyl sites for hydroxylation is 1. The van der Waals surface area contributed by atoms with Gasteiger partial charge in [-0.3, -0.25) is 9.59 Å². The van der Waals surface area contributed by atoms with Gasteiger partial charge in [-0.15, -0.1) is 10.1 Å². The molecule has 1 aliphatic rings. The van der Waals surface area contributed by atoms with E-state index in [1.165, 1.54) is 0 Å². The van der Waals surface area contributed by atoms with Crippen molar-refractivity contribution >= 4 is 18.0 Å². The molecule has 1 saturated heterocycles. The second-order valence-corrected chi connectivity index (χ2v) is 7.10. The van der Waals surface area contributed by atoms with Crippen molar-refractivity contribution in [2.24, 2.45) is 0 Å². The molecule has 1 aliphatic heterocycles. The largest absolute Gasteiger partial charge is 0.334 e. The molecule has 5 nitrogen and oxygen atoms in total. The molecule has 0 saturated carbocycles. The number of hydrazone groups is 1. The molecule has 0 radical (unpaired) electrons. The Balaban J connectivity index is 1.69. The monoisotopic (exact) mass is 384 g/mol. The van der Waals surface area contributed by atoms with E-state index in [2.05, 4.69) is 10.7 Å². The first kappa shape index (κ1) is 18.6. The molecule has 3 aromatic rings. The molecule has 0 spiro atoms. The summed E-state index contributed by atoms with van der Waals surface area (Å²) in [6.07, 6.45) is 1.88. The first-order chi connectivity index (χ1) is 14.1. The van der Waals surface area contributed by atoms with Crippen LogP contribution in [0.3, 0.4) is 0 Å². The fraction of sp³-hybridized carbons (Fsp3) is 0.125. The Morgan fingerprint density at radius 2 is 1.66 bits per heavy atom. The second kappa shape index (κ2) is 8.10. The minimum absolute atomic E-state index is 0.243. The highest BCUT2D eigenvalue weighted by Crippen LogP contribution is 2.25. The molecule has 0 unspecified atom stereocenters. The summed E-state index contributed by atoms with van der Waals surface area (Å²) in [5.74, 6) is -0.511. The molecule has 1 heterocycles. The highest BCUT2D eigenvalue weighted by molar-refractivity contribution is 5.98. The molecular formula is C24H22N3O2+. The maximum atomic E-state index is 12.8. The van der Waals surface area contributed by atoms with Crippen LogP contribution in [0.5, 0.6) is 0 Å². The number of nitrogens with one attached hydrogen (secondary N) is 2. The Hall–Kier alpha value is -3.73. The summed E-state index contributed by atoms with van der Waals surface area (Å²) in [6.45, 7) is 1.93. The number of carbonyl (C=O) groups is 2. The number of nitrogens with zero attached hydrogens (tertiary/aromatic N) is 1. The van der Waals surface area contributed by atoms with Crippen LogP contribution in [0, 0.1) is 6.92 Å². The predicted octanol–water partition coefficient (Wildman–Crippen LogP) is 3.01. The standard InChI is InChI=1S/C24H21N3O2/c1-17-9-8-14-20(15-17)23(28)25-21-22(19-12-6-3-7-13-19)27(26-24(21)29)16-18-10-4-2-5-11-18/h2-16,21-22H,1H3,(H-,25,26,28,29)/p+1/b27-16-/t21-,22+/m1/s1. The van der Waals surface area contributed by atoms with Crippen molar-refractivity contribution in [2.75, 3.05) is 0 Å². The van der Waals surface area contributed by atoms with E-state index >= 15 is 0 Å². The lowest BCUT2D eigenvalue weighted by atomic mass is 9.99. The molecule has 2 N–H and O–H groups in total. The summed E-state index contributed by atoms with van der Waals surface area (Å²) >= 11 is 0. The molecule has 3 aromatic carbocycles. The topological polar surface area (TPSA) is 61.2 Å². The number of hydrogen-bond donors (Lipinski definition) is 2. The van der Waals surface area contributed by atoms with Crippen LogP contribution >= 0.6 is 0 Å². The van der Waals surface area contributed by atoms with Gasteiger partial charge in [0.15, 0.2) is 6.04 Å². The van der Waals surface area contributed by atoms with Crippen LogP contribution in [0.1, 0.15) is 33.1 Å². The van der Waals surface area contributed by atoms with E-state index in [0.29, 0.717) is 5.56 Å². The third-order valence-corrected chi connectivity index (χ3v) is 4.93. The number of hydrazine groups is 1. The summed E-state index contributed by atoms with van der Waals surface area (Å²) in [5.41, 5.74) is 6.32. The molecule has 5 heteroatoms. The molecule has 2 amide bonds. The van der Waals surface area contributed by atoms with Gasteiger partial charge in [-0.2, -0.15) is 0 Å². The van der Waals surface area contributed by atoms with Crippen LogP contribution in [0.15, 0.2) is 84.9 Å². The third-order valence-electron chi connectivity index (χ3n) is 4.93. The van der Waals surface area contributed by atoms with Crippen LogP contribution in [0.4, 0.5) is 0 Å². The molecule has 144 valence electrons. The van der Waals surface area contributed by atoms with Gasteiger partial charge in [-0.05, 0) is 31.2 Å².